The first kappa shape index (κ1) is 18.1. The second-order valence-corrected chi connectivity index (χ2v) is 12.5. The van der Waals surface area contributed by atoms with Crippen molar-refractivity contribution in [3.8, 4) is 0 Å². The van der Waals surface area contributed by atoms with Crippen molar-refractivity contribution in [3.63, 3.8) is 0 Å². The summed E-state index contributed by atoms with van der Waals surface area (Å²) in [5.41, 5.74) is 3.00. The molecular weight excluding hydrogens is 326 g/mol. The van der Waals surface area contributed by atoms with Crippen LogP contribution in [0.2, 0.25) is 16.6 Å². The van der Waals surface area contributed by atoms with E-state index in [4.69, 9.17) is 9.73 Å². The Bertz CT molecular complexity index is 683. The Morgan fingerprint density at radius 1 is 1.16 bits per heavy atom. The molecule has 3 rings (SSSR count). The fourth-order valence-corrected chi connectivity index (χ4v) is 7.94. The van der Waals surface area contributed by atoms with Crippen molar-refractivity contribution in [1.82, 2.24) is 0 Å². The summed E-state index contributed by atoms with van der Waals surface area (Å²) in [5, 5.41) is 0. The summed E-state index contributed by atoms with van der Waals surface area (Å²) in [4.78, 5) is 16.4. The quantitative estimate of drug-likeness (QED) is 0.755. The zero-order valence-electron chi connectivity index (χ0n) is 15.6. The molecule has 0 bridgehead atoms. The van der Waals surface area contributed by atoms with Crippen LogP contribution in [-0.4, -0.2) is 31.7 Å². The van der Waals surface area contributed by atoms with Crippen LogP contribution in [0.1, 0.15) is 33.3 Å². The molecule has 25 heavy (non-hydrogen) atoms. The van der Waals surface area contributed by atoms with E-state index in [1.165, 1.54) is 5.56 Å². The van der Waals surface area contributed by atoms with Crippen molar-refractivity contribution in [1.29, 1.82) is 0 Å². The molecule has 134 valence electrons. The van der Waals surface area contributed by atoms with Gasteiger partial charge in [0.2, 0.25) is 14.2 Å². The normalized spacial score (nSPS) is 23.2. The predicted octanol–water partition coefficient (Wildman–Crippen LogP) is 4.65. The maximum atomic E-state index is 11.5. The number of aliphatic imine (C=N–C) groups is 1. The summed E-state index contributed by atoms with van der Waals surface area (Å²) in [6.45, 7) is 9.20. The average molecular weight is 356 g/mol. The summed E-state index contributed by atoms with van der Waals surface area (Å²) in [5.74, 6) is 0.739. The van der Waals surface area contributed by atoms with Crippen molar-refractivity contribution >= 4 is 14.2 Å². The summed E-state index contributed by atoms with van der Waals surface area (Å²) in [6, 6.07) is 10.6. The van der Waals surface area contributed by atoms with Crippen LogP contribution in [0.3, 0.4) is 0 Å². The number of allylic oxidation sites excluding steroid dienone is 3. The highest BCUT2D eigenvalue weighted by Gasteiger charge is 2.48. The highest BCUT2D eigenvalue weighted by molar-refractivity contribution is 6.78. The van der Waals surface area contributed by atoms with Crippen LogP contribution in [0.25, 0.3) is 0 Å². The first-order valence-electron chi connectivity index (χ1n) is 9.28. The molecule has 1 aliphatic heterocycles. The maximum absolute atomic E-state index is 11.5. The number of rotatable bonds is 6. The highest BCUT2D eigenvalue weighted by atomic mass is 28.4. The van der Waals surface area contributed by atoms with E-state index in [2.05, 4.69) is 70.2 Å². The van der Waals surface area contributed by atoms with Crippen molar-refractivity contribution in [2.24, 2.45) is 4.99 Å². The Kier molecular flexibility index (Phi) is 5.30. The maximum Gasteiger partial charge on any atom is 0.212 e. The molecule has 0 fully saturated rings. The standard InChI is InChI=1S/C21H29NO2Si/c1-15(2)25(23,16(3)4)20-12-8-11-19(20)21-22-18(14-24-21)13-17-9-6-5-7-10-17/h5-12,15-16,18,20,23H,13-14H2,1-4H3/t18-,20?/m0/s1. The van der Waals surface area contributed by atoms with E-state index in [9.17, 15) is 4.80 Å². The number of ether oxygens (including phenoxy) is 1. The van der Waals surface area contributed by atoms with Crippen LogP contribution < -0.4 is 0 Å². The van der Waals surface area contributed by atoms with Gasteiger partial charge in [-0.1, -0.05) is 76.3 Å². The largest absolute Gasteiger partial charge is 0.475 e. The molecule has 1 aliphatic carbocycles. The molecule has 0 radical (unpaired) electrons. The minimum absolute atomic E-state index is 0.0710. The summed E-state index contributed by atoms with van der Waals surface area (Å²) in [6.07, 6.45) is 7.18. The first-order valence-corrected chi connectivity index (χ1v) is 11.5. The van der Waals surface area contributed by atoms with Crippen LogP contribution >= 0.6 is 0 Å². The minimum Gasteiger partial charge on any atom is -0.475 e. The summed E-state index contributed by atoms with van der Waals surface area (Å²) >= 11 is 0. The second kappa shape index (κ2) is 7.30. The van der Waals surface area contributed by atoms with Gasteiger partial charge in [0, 0.05) is 11.1 Å². The van der Waals surface area contributed by atoms with E-state index in [0.717, 1.165) is 17.9 Å². The summed E-state index contributed by atoms with van der Waals surface area (Å²) < 4.78 is 5.96. The van der Waals surface area contributed by atoms with Gasteiger partial charge in [-0.3, -0.25) is 0 Å². The van der Waals surface area contributed by atoms with Crippen molar-refractivity contribution < 1.29 is 9.53 Å². The van der Waals surface area contributed by atoms with Crippen molar-refractivity contribution in [2.75, 3.05) is 6.61 Å². The topological polar surface area (TPSA) is 41.8 Å². The Balaban J connectivity index is 1.78. The second-order valence-electron chi connectivity index (χ2n) is 7.77. The van der Waals surface area contributed by atoms with Gasteiger partial charge in [-0.05, 0) is 23.1 Å². The van der Waals surface area contributed by atoms with Gasteiger partial charge in [0.05, 0.1) is 6.04 Å². The molecule has 0 spiro atoms. The van der Waals surface area contributed by atoms with Crippen LogP contribution in [0.5, 0.6) is 0 Å². The van der Waals surface area contributed by atoms with Gasteiger partial charge in [-0.2, -0.15) is 0 Å². The van der Waals surface area contributed by atoms with Gasteiger partial charge < -0.3 is 9.53 Å². The molecule has 1 unspecified atom stereocenters. The smallest absolute Gasteiger partial charge is 0.212 e. The molecule has 2 aliphatic rings. The lowest BCUT2D eigenvalue weighted by molar-refractivity contribution is 0.315. The number of benzene rings is 1. The van der Waals surface area contributed by atoms with Crippen molar-refractivity contribution in [3.05, 3.63) is 59.7 Å². The monoisotopic (exact) mass is 355 g/mol. The van der Waals surface area contributed by atoms with Gasteiger partial charge in [0.1, 0.15) is 6.61 Å². The molecule has 2 atom stereocenters. The Hall–Kier alpha value is -1.65. The number of nitrogens with zero attached hydrogens (tertiary/aromatic N) is 1. The van der Waals surface area contributed by atoms with Gasteiger partial charge in [-0.15, -0.1) is 0 Å². The van der Waals surface area contributed by atoms with E-state index >= 15 is 0 Å². The van der Waals surface area contributed by atoms with E-state index in [1.54, 1.807) is 0 Å². The zero-order chi connectivity index (χ0) is 18.0. The van der Waals surface area contributed by atoms with E-state index in [0.29, 0.717) is 6.61 Å². The van der Waals surface area contributed by atoms with E-state index < -0.39 is 8.32 Å². The third-order valence-corrected chi connectivity index (χ3v) is 10.7. The molecule has 1 aromatic rings. The van der Waals surface area contributed by atoms with Crippen LogP contribution in [0, 0.1) is 0 Å². The van der Waals surface area contributed by atoms with Gasteiger partial charge in [-0.25, -0.2) is 4.99 Å². The molecule has 0 amide bonds. The van der Waals surface area contributed by atoms with E-state index in [1.807, 2.05) is 6.07 Å². The third kappa shape index (κ3) is 3.51. The Morgan fingerprint density at radius 3 is 2.48 bits per heavy atom. The van der Waals surface area contributed by atoms with Gasteiger partial charge in [0.25, 0.3) is 0 Å². The number of hydrogen-bond acceptors (Lipinski definition) is 3. The molecule has 4 heteroatoms. The van der Waals surface area contributed by atoms with Gasteiger partial charge >= 0.3 is 0 Å². The highest BCUT2D eigenvalue weighted by Crippen LogP contribution is 2.46. The molecule has 1 heterocycles. The molecule has 1 aromatic carbocycles. The first-order chi connectivity index (χ1) is 11.9. The molecule has 0 aromatic heterocycles. The fourth-order valence-electron chi connectivity index (χ4n) is 4.03. The van der Waals surface area contributed by atoms with Gasteiger partial charge in [0.15, 0.2) is 0 Å². The third-order valence-electron chi connectivity index (χ3n) is 5.54. The van der Waals surface area contributed by atoms with Crippen LogP contribution in [0.15, 0.2) is 59.1 Å². The molecule has 0 saturated carbocycles. The lowest BCUT2D eigenvalue weighted by Crippen LogP contribution is -2.46. The molecule has 0 saturated heterocycles. The molecule has 1 N–H and O–H groups in total. The lowest BCUT2D eigenvalue weighted by Gasteiger charge is -2.38. The van der Waals surface area contributed by atoms with Crippen molar-refractivity contribution in [2.45, 2.75) is 56.8 Å². The molecular formula is C21H29NO2Si. The van der Waals surface area contributed by atoms with Crippen LogP contribution in [-0.2, 0) is 11.2 Å². The fraction of sp³-hybridized carbons (Fsp3) is 0.476. The van der Waals surface area contributed by atoms with Crippen LogP contribution in [0.4, 0.5) is 0 Å². The Morgan fingerprint density at radius 2 is 1.84 bits per heavy atom. The molecule has 3 nitrogen and oxygen atoms in total. The predicted molar refractivity (Wildman–Crippen MR) is 106 cm³/mol. The van der Waals surface area contributed by atoms with E-state index in [-0.39, 0.29) is 22.7 Å². The summed E-state index contributed by atoms with van der Waals surface area (Å²) in [7, 11) is -2.51. The SMILES string of the molecule is CC(C)[Si](O)(C(C)C)C1C=CC=C1C1=N[C@@H](Cc2ccccc2)CO1. The average Bonchev–Trinajstić information content (AvgIpc) is 3.23. The zero-order valence-corrected chi connectivity index (χ0v) is 16.6. The number of hydrogen-bond donors (Lipinski definition) is 1. The Labute approximate surface area is 152 Å². The minimum atomic E-state index is -2.51. The lowest BCUT2D eigenvalue weighted by atomic mass is 10.1.